The van der Waals surface area contributed by atoms with Gasteiger partial charge in [-0.15, -0.1) is 0 Å². The molecule has 1 aliphatic carbocycles. The van der Waals surface area contributed by atoms with Gasteiger partial charge in [0.15, 0.2) is 0 Å². The monoisotopic (exact) mass is 210 g/mol. The lowest BCUT2D eigenvalue weighted by atomic mass is 9.64. The van der Waals surface area contributed by atoms with Crippen molar-refractivity contribution in [3.63, 3.8) is 0 Å². The van der Waals surface area contributed by atoms with Crippen LogP contribution in [0.25, 0.3) is 0 Å². The van der Waals surface area contributed by atoms with Crippen molar-refractivity contribution in [1.29, 1.82) is 0 Å². The molecule has 2 heteroatoms. The van der Waals surface area contributed by atoms with Gasteiger partial charge in [0.05, 0.1) is 7.11 Å². The molecule has 0 spiro atoms. The first-order valence-electron chi connectivity index (χ1n) is 5.73. The molecule has 0 radical (unpaired) electrons. The van der Waals surface area contributed by atoms with Crippen molar-refractivity contribution in [1.82, 2.24) is 0 Å². The maximum Gasteiger partial charge on any atom is 0.330 e. The Balaban J connectivity index is 2.71. The predicted molar refractivity (Wildman–Crippen MR) is 61.4 cm³/mol. The number of methoxy groups -OCH3 is 1. The maximum absolute atomic E-state index is 11.1. The first-order valence-corrected chi connectivity index (χ1v) is 5.73. The van der Waals surface area contributed by atoms with Crippen LogP contribution in [0, 0.1) is 17.3 Å². The number of rotatable bonds is 2. The molecule has 86 valence electrons. The van der Waals surface area contributed by atoms with Gasteiger partial charge in [-0.1, -0.05) is 39.7 Å². The molecule has 0 N–H and O–H groups in total. The minimum Gasteiger partial charge on any atom is -0.466 e. The largest absolute Gasteiger partial charge is 0.466 e. The Labute approximate surface area is 92.7 Å². The van der Waals surface area contributed by atoms with E-state index in [1.54, 1.807) is 6.08 Å². The maximum atomic E-state index is 11.1. The number of ether oxygens (including phenoxy) is 1. The van der Waals surface area contributed by atoms with Gasteiger partial charge in [0.2, 0.25) is 0 Å². The van der Waals surface area contributed by atoms with Gasteiger partial charge < -0.3 is 4.74 Å². The van der Waals surface area contributed by atoms with Crippen LogP contribution < -0.4 is 0 Å². The summed E-state index contributed by atoms with van der Waals surface area (Å²) in [6.07, 6.45) is 7.42. The zero-order valence-electron chi connectivity index (χ0n) is 10.2. The summed E-state index contributed by atoms with van der Waals surface area (Å²) in [6.45, 7) is 6.84. The summed E-state index contributed by atoms with van der Waals surface area (Å²) in [4.78, 5) is 11.1. The summed E-state index contributed by atoms with van der Waals surface area (Å²) in [7, 11) is 1.42. The Hall–Kier alpha value is -0.790. The van der Waals surface area contributed by atoms with E-state index in [1.165, 1.54) is 26.4 Å². The van der Waals surface area contributed by atoms with Gasteiger partial charge in [-0.3, -0.25) is 0 Å². The van der Waals surface area contributed by atoms with E-state index in [2.05, 4.69) is 25.5 Å². The summed E-state index contributed by atoms with van der Waals surface area (Å²) >= 11 is 0. The van der Waals surface area contributed by atoms with Crippen molar-refractivity contribution in [3.8, 4) is 0 Å². The molecule has 0 amide bonds. The van der Waals surface area contributed by atoms with Gasteiger partial charge in [0.25, 0.3) is 0 Å². The molecule has 2 nitrogen and oxygen atoms in total. The van der Waals surface area contributed by atoms with Crippen molar-refractivity contribution >= 4 is 5.97 Å². The zero-order valence-corrected chi connectivity index (χ0v) is 10.2. The fourth-order valence-electron chi connectivity index (χ4n) is 2.70. The molecule has 1 saturated carbocycles. The van der Waals surface area contributed by atoms with Crippen LogP contribution in [0.5, 0.6) is 0 Å². The molecule has 0 aliphatic heterocycles. The lowest BCUT2D eigenvalue weighted by Crippen LogP contribution is -2.32. The highest BCUT2D eigenvalue weighted by molar-refractivity contribution is 5.81. The van der Waals surface area contributed by atoms with E-state index in [4.69, 9.17) is 0 Å². The third-order valence-corrected chi connectivity index (χ3v) is 3.64. The van der Waals surface area contributed by atoms with Gasteiger partial charge >= 0.3 is 5.97 Å². The van der Waals surface area contributed by atoms with Gasteiger partial charge in [-0.25, -0.2) is 4.79 Å². The van der Waals surface area contributed by atoms with E-state index >= 15 is 0 Å². The summed E-state index contributed by atoms with van der Waals surface area (Å²) in [5.41, 5.74) is 0.308. The van der Waals surface area contributed by atoms with Crippen molar-refractivity contribution in [3.05, 3.63) is 12.2 Å². The Bertz CT molecular complexity index is 253. The second kappa shape index (κ2) is 4.82. The zero-order chi connectivity index (χ0) is 11.5. The van der Waals surface area contributed by atoms with Gasteiger partial charge in [0.1, 0.15) is 0 Å². The summed E-state index contributed by atoms with van der Waals surface area (Å²) in [5.74, 6) is 0.906. The highest BCUT2D eigenvalue weighted by Gasteiger charge is 2.34. The fraction of sp³-hybridized carbons (Fsp3) is 0.769. The summed E-state index contributed by atoms with van der Waals surface area (Å²) < 4.78 is 4.62. The Kier molecular flexibility index (Phi) is 3.95. The van der Waals surface area contributed by atoms with Gasteiger partial charge in [0, 0.05) is 6.08 Å². The van der Waals surface area contributed by atoms with Crippen LogP contribution >= 0.6 is 0 Å². The molecular formula is C13H22O2. The van der Waals surface area contributed by atoms with Gasteiger partial charge in [-0.05, 0) is 23.7 Å². The Morgan fingerprint density at radius 3 is 2.67 bits per heavy atom. The van der Waals surface area contributed by atoms with Crippen molar-refractivity contribution < 1.29 is 9.53 Å². The SMILES string of the molecule is COC(=O)C=C[C@H]1[C@H](C)CCCC1(C)C. The molecule has 0 saturated heterocycles. The molecule has 0 unspecified atom stereocenters. The highest BCUT2D eigenvalue weighted by atomic mass is 16.5. The van der Waals surface area contributed by atoms with E-state index in [-0.39, 0.29) is 5.97 Å². The van der Waals surface area contributed by atoms with Crippen LogP contribution in [-0.4, -0.2) is 13.1 Å². The van der Waals surface area contributed by atoms with E-state index in [9.17, 15) is 4.79 Å². The standard InChI is InChI=1S/C13H22O2/c1-10-6-5-9-13(2,3)11(10)7-8-12(14)15-4/h7-8,10-11H,5-6,9H2,1-4H3/t10-,11+/m1/s1. The average molecular weight is 210 g/mol. The molecule has 1 aliphatic rings. The third-order valence-electron chi connectivity index (χ3n) is 3.64. The molecule has 0 aromatic rings. The van der Waals surface area contributed by atoms with Crippen molar-refractivity contribution in [2.75, 3.05) is 7.11 Å². The minimum absolute atomic E-state index is 0.247. The molecule has 15 heavy (non-hydrogen) atoms. The first-order chi connectivity index (χ1) is 6.97. The second-order valence-corrected chi connectivity index (χ2v) is 5.27. The van der Waals surface area contributed by atoms with Crippen LogP contribution in [0.1, 0.15) is 40.0 Å². The lowest BCUT2D eigenvalue weighted by Gasteiger charge is -2.41. The lowest BCUT2D eigenvalue weighted by molar-refractivity contribution is -0.134. The molecule has 0 aromatic carbocycles. The van der Waals surface area contributed by atoms with Crippen molar-refractivity contribution in [2.45, 2.75) is 40.0 Å². The molecule has 0 bridgehead atoms. The molecule has 1 fully saturated rings. The van der Waals surface area contributed by atoms with Crippen LogP contribution in [0.2, 0.25) is 0 Å². The molecule has 2 atom stereocenters. The second-order valence-electron chi connectivity index (χ2n) is 5.27. The quantitative estimate of drug-likeness (QED) is 0.517. The van der Waals surface area contributed by atoms with Gasteiger partial charge in [-0.2, -0.15) is 0 Å². The van der Waals surface area contributed by atoms with E-state index in [0.717, 1.165) is 0 Å². The first kappa shape index (κ1) is 12.3. The molecule has 0 heterocycles. The average Bonchev–Trinajstić information content (AvgIpc) is 2.15. The fourth-order valence-corrected chi connectivity index (χ4v) is 2.70. The summed E-state index contributed by atoms with van der Waals surface area (Å²) in [5, 5.41) is 0. The van der Waals surface area contributed by atoms with E-state index in [0.29, 0.717) is 17.3 Å². The topological polar surface area (TPSA) is 26.3 Å². The van der Waals surface area contributed by atoms with Crippen LogP contribution in [0.3, 0.4) is 0 Å². The molecule has 1 rings (SSSR count). The molecule has 0 aromatic heterocycles. The summed E-state index contributed by atoms with van der Waals surface area (Å²) in [6, 6.07) is 0. The van der Waals surface area contributed by atoms with Crippen LogP contribution in [-0.2, 0) is 9.53 Å². The number of hydrogen-bond acceptors (Lipinski definition) is 2. The number of esters is 1. The van der Waals surface area contributed by atoms with Crippen molar-refractivity contribution in [2.24, 2.45) is 17.3 Å². The third kappa shape index (κ3) is 3.08. The Morgan fingerprint density at radius 1 is 1.47 bits per heavy atom. The number of allylic oxidation sites excluding steroid dienone is 1. The highest BCUT2D eigenvalue weighted by Crippen LogP contribution is 2.44. The smallest absolute Gasteiger partial charge is 0.330 e. The predicted octanol–water partition coefficient (Wildman–Crippen LogP) is 3.18. The van der Waals surface area contributed by atoms with Crippen LogP contribution in [0.15, 0.2) is 12.2 Å². The van der Waals surface area contributed by atoms with E-state index < -0.39 is 0 Å². The minimum atomic E-state index is -0.247. The number of carbonyl (C=O) groups is 1. The number of carbonyl (C=O) groups excluding carboxylic acids is 1. The van der Waals surface area contributed by atoms with Crippen LogP contribution in [0.4, 0.5) is 0 Å². The van der Waals surface area contributed by atoms with E-state index in [1.807, 2.05) is 6.08 Å². The number of hydrogen-bond donors (Lipinski definition) is 0. The normalized spacial score (nSPS) is 30.4. The molecular weight excluding hydrogens is 188 g/mol. The Morgan fingerprint density at radius 2 is 2.13 bits per heavy atom.